The quantitative estimate of drug-likeness (QED) is 0.232. The third-order valence-electron chi connectivity index (χ3n) is 6.15. The summed E-state index contributed by atoms with van der Waals surface area (Å²) in [5.41, 5.74) is 8.06. The van der Waals surface area contributed by atoms with Crippen LogP contribution in [0.5, 0.6) is 0 Å². The molecule has 0 unspecified atom stereocenters. The van der Waals surface area contributed by atoms with Gasteiger partial charge in [0.05, 0.1) is 11.4 Å². The van der Waals surface area contributed by atoms with E-state index in [0.29, 0.717) is 17.1 Å². The Kier molecular flexibility index (Phi) is 7.44. The highest BCUT2D eigenvalue weighted by Gasteiger charge is 2.16. The van der Waals surface area contributed by atoms with Gasteiger partial charge in [0.2, 0.25) is 0 Å². The topological polar surface area (TPSA) is 86.8 Å². The van der Waals surface area contributed by atoms with Crippen molar-refractivity contribution in [3.8, 4) is 33.9 Å². The van der Waals surface area contributed by atoms with Gasteiger partial charge in [-0.3, -0.25) is 9.78 Å². The zero-order valence-electron chi connectivity index (χ0n) is 21.4. The third-order valence-corrected chi connectivity index (χ3v) is 6.89. The number of H-pyrrole nitrogens is 1. The molecule has 3 heterocycles. The van der Waals surface area contributed by atoms with Crippen LogP contribution in [0.4, 0.5) is 5.69 Å². The Labute approximate surface area is 230 Å². The fourth-order valence-electron chi connectivity index (χ4n) is 4.27. The van der Waals surface area contributed by atoms with Gasteiger partial charge in [-0.1, -0.05) is 34.1 Å². The maximum Gasteiger partial charge on any atom is 0.255 e. The van der Waals surface area contributed by atoms with E-state index >= 15 is 0 Å². The number of pyridine rings is 1. The van der Waals surface area contributed by atoms with Gasteiger partial charge in [0.15, 0.2) is 5.82 Å². The first-order valence-corrected chi connectivity index (χ1v) is 12.9. The summed E-state index contributed by atoms with van der Waals surface area (Å²) >= 11 is 3.59. The molecule has 0 saturated heterocycles. The Morgan fingerprint density at radius 2 is 1.84 bits per heavy atom. The van der Waals surface area contributed by atoms with Crippen LogP contribution < -0.4 is 5.32 Å². The first-order valence-electron chi connectivity index (χ1n) is 12.2. The highest BCUT2D eigenvalue weighted by Crippen LogP contribution is 2.33. The third kappa shape index (κ3) is 5.56. The predicted octanol–water partition coefficient (Wildman–Crippen LogP) is 6.59. The molecule has 0 aliphatic heterocycles. The largest absolute Gasteiger partial charge is 0.360 e. The molecule has 2 aromatic carbocycles. The van der Waals surface area contributed by atoms with Crippen LogP contribution in [0.25, 0.3) is 33.9 Å². The minimum Gasteiger partial charge on any atom is -0.360 e. The fourth-order valence-corrected chi connectivity index (χ4v) is 4.78. The molecule has 0 aliphatic rings. The van der Waals surface area contributed by atoms with Crippen molar-refractivity contribution in [2.75, 3.05) is 19.4 Å². The van der Waals surface area contributed by atoms with Crippen LogP contribution in [0, 0.1) is 6.92 Å². The van der Waals surface area contributed by atoms with Crippen molar-refractivity contribution >= 4 is 27.5 Å². The van der Waals surface area contributed by atoms with Crippen molar-refractivity contribution in [3.05, 3.63) is 107 Å². The highest BCUT2D eigenvalue weighted by molar-refractivity contribution is 9.10. The number of aromatic amines is 1. The average molecular weight is 567 g/mol. The number of amides is 1. The van der Waals surface area contributed by atoms with E-state index < -0.39 is 0 Å². The van der Waals surface area contributed by atoms with E-state index in [1.54, 1.807) is 18.6 Å². The Morgan fingerprint density at radius 3 is 2.55 bits per heavy atom. The summed E-state index contributed by atoms with van der Waals surface area (Å²) in [5.74, 6) is 0.479. The van der Waals surface area contributed by atoms with Crippen LogP contribution >= 0.6 is 15.9 Å². The molecule has 2 N–H and O–H groups in total. The number of benzene rings is 2. The molecule has 3 aromatic heterocycles. The van der Waals surface area contributed by atoms with Gasteiger partial charge in [-0.15, -0.1) is 0 Å². The van der Waals surface area contributed by atoms with Crippen LogP contribution in [-0.4, -0.2) is 44.8 Å². The number of nitrogens with one attached hydrogen (secondary N) is 2. The van der Waals surface area contributed by atoms with Crippen LogP contribution in [0.15, 0.2) is 89.9 Å². The Bertz CT molecular complexity index is 1580. The number of hydrogen-bond donors (Lipinski definition) is 2. The molecule has 1 amide bonds. The standard InChI is InChI=1S/C30H27BrN6O/c1-19-16-34-28(27(19)29-33-14-12-26(36-29)22-5-4-13-32-17-22)20-8-10-24(11-9-20)35-30(38)21-6-7-23(18-37(2)3)25(31)15-21/h4-17,34H,18H2,1-3H3,(H,35,38). The van der Waals surface area contributed by atoms with Gasteiger partial charge < -0.3 is 15.2 Å². The lowest BCUT2D eigenvalue weighted by Crippen LogP contribution is -2.14. The van der Waals surface area contributed by atoms with Gasteiger partial charge in [-0.25, -0.2) is 9.97 Å². The van der Waals surface area contributed by atoms with Gasteiger partial charge >= 0.3 is 0 Å². The molecule has 5 rings (SSSR count). The summed E-state index contributed by atoms with van der Waals surface area (Å²) in [6.45, 7) is 2.83. The monoisotopic (exact) mass is 566 g/mol. The lowest BCUT2D eigenvalue weighted by atomic mass is 10.0. The van der Waals surface area contributed by atoms with E-state index in [4.69, 9.17) is 4.98 Å². The van der Waals surface area contributed by atoms with E-state index in [0.717, 1.165) is 50.2 Å². The Balaban J connectivity index is 1.37. The van der Waals surface area contributed by atoms with Gasteiger partial charge in [0.1, 0.15) is 0 Å². The van der Waals surface area contributed by atoms with E-state index in [9.17, 15) is 4.79 Å². The number of anilines is 1. The molecule has 38 heavy (non-hydrogen) atoms. The summed E-state index contributed by atoms with van der Waals surface area (Å²) in [5, 5.41) is 2.99. The van der Waals surface area contributed by atoms with E-state index in [1.807, 2.05) is 87.9 Å². The highest BCUT2D eigenvalue weighted by atomic mass is 79.9. The first-order chi connectivity index (χ1) is 18.4. The van der Waals surface area contributed by atoms with Gasteiger partial charge in [-0.2, -0.15) is 0 Å². The number of carbonyl (C=O) groups excluding carboxylic acids is 1. The normalized spacial score (nSPS) is 11.1. The van der Waals surface area contributed by atoms with Gasteiger partial charge in [0.25, 0.3) is 5.91 Å². The van der Waals surface area contributed by atoms with Gasteiger partial charge in [0, 0.05) is 58.2 Å². The number of carbonyl (C=O) groups is 1. The minimum absolute atomic E-state index is 0.160. The molecule has 0 atom stereocenters. The van der Waals surface area contributed by atoms with Crippen molar-refractivity contribution in [2.45, 2.75) is 13.5 Å². The second-order valence-electron chi connectivity index (χ2n) is 9.30. The van der Waals surface area contributed by atoms with Crippen molar-refractivity contribution < 1.29 is 4.79 Å². The molecule has 0 aliphatic carbocycles. The lowest BCUT2D eigenvalue weighted by molar-refractivity contribution is 0.102. The lowest BCUT2D eigenvalue weighted by Gasteiger charge is -2.13. The van der Waals surface area contributed by atoms with E-state index in [-0.39, 0.29) is 5.91 Å². The molecule has 0 radical (unpaired) electrons. The second kappa shape index (κ2) is 11.1. The SMILES string of the molecule is Cc1c[nH]c(-c2ccc(NC(=O)c3ccc(CN(C)C)c(Br)c3)cc2)c1-c1nccc(-c2cccnc2)n1. The summed E-state index contributed by atoms with van der Waals surface area (Å²) in [4.78, 5) is 31.9. The minimum atomic E-state index is -0.160. The molecule has 0 fully saturated rings. The van der Waals surface area contributed by atoms with Crippen LogP contribution in [0.1, 0.15) is 21.5 Å². The molecule has 0 saturated carbocycles. The predicted molar refractivity (Wildman–Crippen MR) is 155 cm³/mol. The summed E-state index contributed by atoms with van der Waals surface area (Å²) in [6.07, 6.45) is 7.26. The number of hydrogen-bond acceptors (Lipinski definition) is 5. The molecule has 7 nitrogen and oxygen atoms in total. The molecular weight excluding hydrogens is 540 g/mol. The number of halogens is 1. The fraction of sp³-hybridized carbons (Fsp3) is 0.133. The number of nitrogens with zero attached hydrogens (tertiary/aromatic N) is 4. The van der Waals surface area contributed by atoms with Crippen molar-refractivity contribution in [2.24, 2.45) is 0 Å². The van der Waals surface area contributed by atoms with Crippen molar-refractivity contribution in [1.82, 2.24) is 24.8 Å². The average Bonchev–Trinajstić information content (AvgIpc) is 3.32. The molecular formula is C30H27BrN6O. The van der Waals surface area contributed by atoms with Crippen LogP contribution in [0.2, 0.25) is 0 Å². The maximum absolute atomic E-state index is 12.9. The number of aryl methyl sites for hydroxylation is 1. The van der Waals surface area contributed by atoms with Gasteiger partial charge in [-0.05, 0) is 80.2 Å². The van der Waals surface area contributed by atoms with Crippen LogP contribution in [-0.2, 0) is 6.54 Å². The van der Waals surface area contributed by atoms with Crippen LogP contribution in [0.3, 0.4) is 0 Å². The molecule has 190 valence electrons. The summed E-state index contributed by atoms with van der Waals surface area (Å²) < 4.78 is 0.915. The Hall–Kier alpha value is -4.14. The molecule has 0 bridgehead atoms. The maximum atomic E-state index is 12.9. The molecule has 5 aromatic rings. The zero-order valence-corrected chi connectivity index (χ0v) is 23.0. The van der Waals surface area contributed by atoms with E-state index in [1.165, 1.54) is 0 Å². The molecule has 0 spiro atoms. The number of aromatic nitrogens is 4. The Morgan fingerprint density at radius 1 is 1.03 bits per heavy atom. The second-order valence-corrected chi connectivity index (χ2v) is 10.2. The summed E-state index contributed by atoms with van der Waals surface area (Å²) in [6, 6.07) is 19.2. The zero-order chi connectivity index (χ0) is 26.6. The summed E-state index contributed by atoms with van der Waals surface area (Å²) in [7, 11) is 4.03. The first kappa shape index (κ1) is 25.5. The van der Waals surface area contributed by atoms with E-state index in [2.05, 4.69) is 41.1 Å². The number of rotatable bonds is 7. The molecule has 8 heteroatoms. The van der Waals surface area contributed by atoms with Crippen molar-refractivity contribution in [1.29, 1.82) is 0 Å². The smallest absolute Gasteiger partial charge is 0.255 e. The van der Waals surface area contributed by atoms with Crippen molar-refractivity contribution in [3.63, 3.8) is 0 Å².